The van der Waals surface area contributed by atoms with Crippen LogP contribution >= 0.6 is 0 Å². The highest BCUT2D eigenvalue weighted by Gasteiger charge is 2.20. The summed E-state index contributed by atoms with van der Waals surface area (Å²) in [6.45, 7) is 5.88. The van der Waals surface area contributed by atoms with Crippen molar-refractivity contribution in [1.82, 2.24) is 9.80 Å². The molecule has 0 saturated carbocycles. The number of hydrogen-bond donors (Lipinski definition) is 1. The molecule has 2 rings (SSSR count). The SMILES string of the molecule is CC1CN(C)CCCN1Cc1ccc(F)c(C(=O)O)c1. The van der Waals surface area contributed by atoms with Gasteiger partial charge in [-0.25, -0.2) is 9.18 Å². The number of rotatable bonds is 3. The first-order valence-corrected chi connectivity index (χ1v) is 6.91. The zero-order valence-electron chi connectivity index (χ0n) is 12.0. The molecule has 1 heterocycles. The molecule has 0 radical (unpaired) electrons. The molecule has 0 amide bonds. The maximum absolute atomic E-state index is 13.4. The van der Waals surface area contributed by atoms with E-state index >= 15 is 0 Å². The van der Waals surface area contributed by atoms with E-state index in [0.29, 0.717) is 12.6 Å². The Morgan fingerprint density at radius 2 is 2.20 bits per heavy atom. The van der Waals surface area contributed by atoms with Crippen molar-refractivity contribution < 1.29 is 14.3 Å². The Hall–Kier alpha value is -1.46. The molecule has 1 aromatic carbocycles. The number of hydrogen-bond acceptors (Lipinski definition) is 3. The van der Waals surface area contributed by atoms with Crippen LogP contribution in [0.15, 0.2) is 18.2 Å². The second-order valence-corrected chi connectivity index (χ2v) is 5.55. The van der Waals surface area contributed by atoms with E-state index in [9.17, 15) is 9.18 Å². The van der Waals surface area contributed by atoms with Gasteiger partial charge in [0.2, 0.25) is 0 Å². The van der Waals surface area contributed by atoms with Gasteiger partial charge in [-0.05, 0) is 44.6 Å². The van der Waals surface area contributed by atoms with Crippen LogP contribution in [0.3, 0.4) is 0 Å². The van der Waals surface area contributed by atoms with Crippen molar-refractivity contribution in [2.75, 3.05) is 26.7 Å². The highest BCUT2D eigenvalue weighted by Crippen LogP contribution is 2.16. The number of benzene rings is 1. The lowest BCUT2D eigenvalue weighted by Crippen LogP contribution is -2.37. The fourth-order valence-corrected chi connectivity index (χ4v) is 2.73. The summed E-state index contributed by atoms with van der Waals surface area (Å²) in [5, 5.41) is 8.97. The Kier molecular flexibility index (Phi) is 4.73. The van der Waals surface area contributed by atoms with Crippen LogP contribution in [0.2, 0.25) is 0 Å². The number of carboxylic acid groups (broad SMARTS) is 1. The van der Waals surface area contributed by atoms with E-state index in [0.717, 1.165) is 31.6 Å². The van der Waals surface area contributed by atoms with E-state index in [1.165, 1.54) is 12.1 Å². The van der Waals surface area contributed by atoms with Gasteiger partial charge in [0.15, 0.2) is 0 Å². The highest BCUT2D eigenvalue weighted by atomic mass is 19.1. The van der Waals surface area contributed by atoms with Crippen LogP contribution in [-0.4, -0.2) is 53.6 Å². The summed E-state index contributed by atoms with van der Waals surface area (Å²) in [7, 11) is 2.11. The van der Waals surface area contributed by atoms with Crippen LogP contribution in [0.1, 0.15) is 29.3 Å². The molecule has 1 unspecified atom stereocenters. The van der Waals surface area contributed by atoms with E-state index in [1.54, 1.807) is 6.07 Å². The van der Waals surface area contributed by atoms with Gasteiger partial charge in [-0.1, -0.05) is 6.07 Å². The van der Waals surface area contributed by atoms with Gasteiger partial charge in [0.05, 0.1) is 5.56 Å². The summed E-state index contributed by atoms with van der Waals surface area (Å²) in [4.78, 5) is 15.6. The standard InChI is InChI=1S/C15H21FN2O2/c1-11-9-17(2)6-3-7-18(11)10-12-4-5-14(16)13(8-12)15(19)20/h4-5,8,11H,3,6-7,9-10H2,1-2H3,(H,19,20). The molecular formula is C15H21FN2O2. The molecule has 1 saturated heterocycles. The minimum atomic E-state index is -1.21. The predicted octanol–water partition coefficient (Wildman–Crippen LogP) is 2.05. The number of nitrogens with zero attached hydrogens (tertiary/aromatic N) is 2. The molecule has 0 bridgehead atoms. The molecule has 5 heteroatoms. The van der Waals surface area contributed by atoms with Gasteiger partial charge in [0, 0.05) is 25.7 Å². The van der Waals surface area contributed by atoms with Crippen molar-refractivity contribution in [3.05, 3.63) is 35.1 Å². The van der Waals surface area contributed by atoms with Crippen molar-refractivity contribution in [2.45, 2.75) is 25.9 Å². The van der Waals surface area contributed by atoms with Crippen molar-refractivity contribution in [2.24, 2.45) is 0 Å². The van der Waals surface area contributed by atoms with Crippen molar-refractivity contribution >= 4 is 5.97 Å². The molecule has 0 spiro atoms. The molecular weight excluding hydrogens is 259 g/mol. The molecule has 20 heavy (non-hydrogen) atoms. The lowest BCUT2D eigenvalue weighted by Gasteiger charge is -2.28. The van der Waals surface area contributed by atoms with Gasteiger partial charge in [-0.3, -0.25) is 4.90 Å². The average molecular weight is 280 g/mol. The monoisotopic (exact) mass is 280 g/mol. The normalized spacial score (nSPS) is 21.6. The van der Waals surface area contributed by atoms with Crippen molar-refractivity contribution in [3.8, 4) is 0 Å². The molecule has 0 aromatic heterocycles. The van der Waals surface area contributed by atoms with E-state index in [-0.39, 0.29) is 5.56 Å². The van der Waals surface area contributed by atoms with Crippen LogP contribution in [-0.2, 0) is 6.54 Å². The summed E-state index contributed by atoms with van der Waals surface area (Å²) >= 11 is 0. The molecule has 110 valence electrons. The largest absolute Gasteiger partial charge is 0.478 e. The zero-order valence-corrected chi connectivity index (χ0v) is 12.0. The average Bonchev–Trinajstić information content (AvgIpc) is 2.53. The maximum atomic E-state index is 13.4. The number of halogens is 1. The lowest BCUT2D eigenvalue weighted by molar-refractivity contribution is 0.0691. The van der Waals surface area contributed by atoms with Gasteiger partial charge in [-0.15, -0.1) is 0 Å². The van der Waals surface area contributed by atoms with Crippen LogP contribution in [0.5, 0.6) is 0 Å². The van der Waals surface area contributed by atoms with E-state index in [2.05, 4.69) is 23.8 Å². The Labute approximate surface area is 118 Å². The van der Waals surface area contributed by atoms with Gasteiger partial charge >= 0.3 is 5.97 Å². The Morgan fingerprint density at radius 3 is 2.90 bits per heavy atom. The smallest absolute Gasteiger partial charge is 0.338 e. The minimum Gasteiger partial charge on any atom is -0.478 e. The minimum absolute atomic E-state index is 0.248. The molecule has 1 aromatic rings. The van der Waals surface area contributed by atoms with E-state index < -0.39 is 11.8 Å². The second kappa shape index (κ2) is 6.33. The van der Waals surface area contributed by atoms with Gasteiger partial charge in [0.1, 0.15) is 5.82 Å². The summed E-state index contributed by atoms with van der Waals surface area (Å²) < 4.78 is 13.4. The Balaban J connectivity index is 2.13. The molecule has 1 aliphatic heterocycles. The maximum Gasteiger partial charge on any atom is 0.338 e. The number of aromatic carboxylic acids is 1. The first-order valence-electron chi connectivity index (χ1n) is 6.91. The number of carbonyl (C=O) groups is 1. The Bertz CT molecular complexity index is 493. The third-order valence-corrected chi connectivity index (χ3v) is 3.83. The molecule has 1 atom stereocenters. The van der Waals surface area contributed by atoms with Crippen LogP contribution in [0.4, 0.5) is 4.39 Å². The lowest BCUT2D eigenvalue weighted by atomic mass is 10.1. The predicted molar refractivity (Wildman–Crippen MR) is 75.3 cm³/mol. The van der Waals surface area contributed by atoms with Crippen molar-refractivity contribution in [3.63, 3.8) is 0 Å². The van der Waals surface area contributed by atoms with Gasteiger partial charge < -0.3 is 10.0 Å². The van der Waals surface area contributed by atoms with E-state index in [4.69, 9.17) is 5.11 Å². The zero-order chi connectivity index (χ0) is 14.7. The van der Waals surface area contributed by atoms with E-state index in [1.807, 2.05) is 0 Å². The van der Waals surface area contributed by atoms with Crippen LogP contribution < -0.4 is 0 Å². The summed E-state index contributed by atoms with van der Waals surface area (Å²) in [6.07, 6.45) is 1.09. The second-order valence-electron chi connectivity index (χ2n) is 5.55. The molecule has 1 N–H and O–H groups in total. The van der Waals surface area contributed by atoms with Crippen LogP contribution in [0.25, 0.3) is 0 Å². The van der Waals surface area contributed by atoms with Gasteiger partial charge in [0.25, 0.3) is 0 Å². The third-order valence-electron chi connectivity index (χ3n) is 3.83. The topological polar surface area (TPSA) is 43.8 Å². The first kappa shape index (κ1) is 14.9. The summed E-state index contributed by atoms with van der Waals surface area (Å²) in [5.74, 6) is -1.89. The fraction of sp³-hybridized carbons (Fsp3) is 0.533. The fourth-order valence-electron chi connectivity index (χ4n) is 2.73. The molecule has 0 aliphatic carbocycles. The summed E-state index contributed by atoms with van der Waals surface area (Å²) in [6, 6.07) is 4.76. The third kappa shape index (κ3) is 3.55. The quantitative estimate of drug-likeness (QED) is 0.920. The Morgan fingerprint density at radius 1 is 1.45 bits per heavy atom. The van der Waals surface area contributed by atoms with Crippen molar-refractivity contribution in [1.29, 1.82) is 0 Å². The molecule has 1 fully saturated rings. The first-order chi connectivity index (χ1) is 9.47. The van der Waals surface area contributed by atoms with Crippen LogP contribution in [0, 0.1) is 5.82 Å². The number of likely N-dealkylation sites (N-methyl/N-ethyl adjacent to an activating group) is 1. The number of carboxylic acids is 1. The molecule has 4 nitrogen and oxygen atoms in total. The highest BCUT2D eigenvalue weighted by molar-refractivity contribution is 5.88. The molecule has 1 aliphatic rings. The summed E-state index contributed by atoms with van der Waals surface area (Å²) in [5.41, 5.74) is 0.599. The van der Waals surface area contributed by atoms with Gasteiger partial charge in [-0.2, -0.15) is 0 Å².